The second kappa shape index (κ2) is 9.20. The molecule has 2 rings (SSSR count). The summed E-state index contributed by atoms with van der Waals surface area (Å²) in [6, 6.07) is 0.190. The molecule has 0 saturated carbocycles. The summed E-state index contributed by atoms with van der Waals surface area (Å²) >= 11 is 0. The van der Waals surface area contributed by atoms with Gasteiger partial charge in [-0.3, -0.25) is 14.5 Å². The summed E-state index contributed by atoms with van der Waals surface area (Å²) in [5.41, 5.74) is 0. The van der Waals surface area contributed by atoms with Gasteiger partial charge in [0.2, 0.25) is 11.8 Å². The molecule has 0 bridgehead atoms. The lowest BCUT2D eigenvalue weighted by atomic mass is 10.2. The Hall–Kier alpha value is -1.18. The van der Waals surface area contributed by atoms with Crippen LogP contribution in [0.1, 0.15) is 20.3 Å². The van der Waals surface area contributed by atoms with Gasteiger partial charge in [-0.05, 0) is 13.8 Å². The summed E-state index contributed by atoms with van der Waals surface area (Å²) in [5, 5.41) is 2.92. The summed E-state index contributed by atoms with van der Waals surface area (Å²) in [5.74, 6) is 0.322. The van der Waals surface area contributed by atoms with E-state index < -0.39 is 0 Å². The number of piperazine rings is 1. The smallest absolute Gasteiger partial charge is 0.234 e. The van der Waals surface area contributed by atoms with E-state index in [0.717, 1.165) is 45.8 Å². The molecule has 2 amide bonds. The maximum absolute atomic E-state index is 12.1. The van der Waals surface area contributed by atoms with Gasteiger partial charge in [-0.1, -0.05) is 0 Å². The van der Waals surface area contributed by atoms with Gasteiger partial charge < -0.3 is 19.9 Å². The average Bonchev–Trinajstić information content (AvgIpc) is 2.54. The fourth-order valence-electron chi connectivity index (χ4n) is 2.97. The van der Waals surface area contributed by atoms with Gasteiger partial charge in [0, 0.05) is 58.3 Å². The predicted molar refractivity (Wildman–Crippen MR) is 88.2 cm³/mol. The molecule has 7 nitrogen and oxygen atoms in total. The highest BCUT2D eigenvalue weighted by atomic mass is 16.5. The molecule has 2 aliphatic heterocycles. The number of amides is 2. The number of ether oxygens (including phenoxy) is 1. The average molecular weight is 326 g/mol. The topological polar surface area (TPSA) is 65.1 Å². The van der Waals surface area contributed by atoms with Gasteiger partial charge in [-0.15, -0.1) is 0 Å². The van der Waals surface area contributed by atoms with Crippen LogP contribution in [0.25, 0.3) is 0 Å². The maximum atomic E-state index is 12.1. The zero-order chi connectivity index (χ0) is 16.7. The second-order valence-electron chi connectivity index (χ2n) is 6.58. The minimum Gasteiger partial charge on any atom is -0.378 e. The van der Waals surface area contributed by atoms with Crippen LogP contribution in [0.4, 0.5) is 0 Å². The van der Waals surface area contributed by atoms with E-state index in [1.807, 2.05) is 18.7 Å². The fraction of sp³-hybridized carbons (Fsp3) is 0.875. The molecule has 2 saturated heterocycles. The number of hydrogen-bond donors (Lipinski definition) is 1. The van der Waals surface area contributed by atoms with Crippen LogP contribution in [0.2, 0.25) is 0 Å². The number of rotatable bonds is 6. The first kappa shape index (κ1) is 18.2. The minimum absolute atomic E-state index is 0.0935. The summed E-state index contributed by atoms with van der Waals surface area (Å²) in [7, 11) is 0. The molecule has 2 aliphatic rings. The SMILES string of the molecule is CC(C)NC(=O)CN1CCN(CCC(=O)N2CCOCC2)CC1. The third kappa shape index (κ3) is 6.45. The van der Waals surface area contributed by atoms with Gasteiger partial charge in [-0.2, -0.15) is 0 Å². The molecule has 0 atom stereocenters. The van der Waals surface area contributed by atoms with Crippen LogP contribution in [0, 0.1) is 0 Å². The number of hydrogen-bond acceptors (Lipinski definition) is 5. The van der Waals surface area contributed by atoms with Gasteiger partial charge in [0.05, 0.1) is 19.8 Å². The van der Waals surface area contributed by atoms with Crippen LogP contribution in [0.15, 0.2) is 0 Å². The van der Waals surface area contributed by atoms with E-state index in [-0.39, 0.29) is 17.9 Å². The molecule has 0 radical (unpaired) electrons. The summed E-state index contributed by atoms with van der Waals surface area (Å²) in [6.07, 6.45) is 0.577. The van der Waals surface area contributed by atoms with Crippen molar-refractivity contribution in [3.8, 4) is 0 Å². The highest BCUT2D eigenvalue weighted by Crippen LogP contribution is 2.05. The second-order valence-corrected chi connectivity index (χ2v) is 6.58. The normalized spacial score (nSPS) is 20.7. The molecule has 2 heterocycles. The fourth-order valence-corrected chi connectivity index (χ4v) is 2.97. The van der Waals surface area contributed by atoms with Crippen LogP contribution in [0.5, 0.6) is 0 Å². The van der Waals surface area contributed by atoms with Crippen molar-refractivity contribution in [2.24, 2.45) is 0 Å². The lowest BCUT2D eigenvalue weighted by molar-refractivity contribution is -0.135. The van der Waals surface area contributed by atoms with E-state index in [2.05, 4.69) is 15.1 Å². The molecule has 1 N–H and O–H groups in total. The van der Waals surface area contributed by atoms with E-state index >= 15 is 0 Å². The van der Waals surface area contributed by atoms with Crippen molar-refractivity contribution < 1.29 is 14.3 Å². The van der Waals surface area contributed by atoms with Gasteiger partial charge in [0.25, 0.3) is 0 Å². The monoisotopic (exact) mass is 326 g/mol. The summed E-state index contributed by atoms with van der Waals surface area (Å²) < 4.78 is 5.27. The molecule has 132 valence electrons. The zero-order valence-electron chi connectivity index (χ0n) is 14.4. The van der Waals surface area contributed by atoms with E-state index in [4.69, 9.17) is 4.74 Å². The van der Waals surface area contributed by atoms with Crippen molar-refractivity contribution >= 4 is 11.8 Å². The largest absolute Gasteiger partial charge is 0.378 e. The molecule has 0 aliphatic carbocycles. The lowest BCUT2D eigenvalue weighted by Gasteiger charge is -2.35. The first-order valence-electron chi connectivity index (χ1n) is 8.64. The van der Waals surface area contributed by atoms with Crippen molar-refractivity contribution in [3.63, 3.8) is 0 Å². The standard InChI is InChI=1S/C16H30N4O3/c1-14(2)17-15(21)13-19-7-5-18(6-8-19)4-3-16(22)20-9-11-23-12-10-20/h14H,3-13H2,1-2H3,(H,17,21). The summed E-state index contributed by atoms with van der Waals surface area (Å²) in [4.78, 5) is 30.3. The lowest BCUT2D eigenvalue weighted by Crippen LogP contribution is -2.50. The molecule has 2 fully saturated rings. The van der Waals surface area contributed by atoms with Gasteiger partial charge in [-0.25, -0.2) is 0 Å². The third-order valence-corrected chi connectivity index (χ3v) is 4.29. The number of carbonyl (C=O) groups is 2. The molecule has 0 unspecified atom stereocenters. The Bertz CT molecular complexity index is 389. The first-order chi connectivity index (χ1) is 11.0. The number of carbonyl (C=O) groups excluding carboxylic acids is 2. The van der Waals surface area contributed by atoms with E-state index in [1.165, 1.54) is 0 Å². The van der Waals surface area contributed by atoms with Crippen molar-refractivity contribution in [2.75, 3.05) is 65.6 Å². The Morgan fingerprint density at radius 2 is 1.61 bits per heavy atom. The van der Waals surface area contributed by atoms with Crippen molar-refractivity contribution in [1.29, 1.82) is 0 Å². The molecular formula is C16H30N4O3. The van der Waals surface area contributed by atoms with Crippen LogP contribution in [0.3, 0.4) is 0 Å². The predicted octanol–water partition coefficient (Wildman–Crippen LogP) is -0.622. The number of nitrogens with one attached hydrogen (secondary N) is 1. The minimum atomic E-state index is 0.0935. The Morgan fingerprint density at radius 1 is 1.00 bits per heavy atom. The zero-order valence-corrected chi connectivity index (χ0v) is 14.4. The molecule has 0 spiro atoms. The molecule has 0 aromatic heterocycles. The number of morpholine rings is 1. The van der Waals surface area contributed by atoms with Crippen LogP contribution < -0.4 is 5.32 Å². The Labute approximate surface area is 138 Å². The van der Waals surface area contributed by atoms with Crippen molar-refractivity contribution in [1.82, 2.24) is 20.0 Å². The van der Waals surface area contributed by atoms with Gasteiger partial charge >= 0.3 is 0 Å². The van der Waals surface area contributed by atoms with E-state index in [1.54, 1.807) is 0 Å². The first-order valence-corrected chi connectivity index (χ1v) is 8.64. The highest BCUT2D eigenvalue weighted by molar-refractivity contribution is 5.78. The molecule has 7 heteroatoms. The number of nitrogens with zero attached hydrogens (tertiary/aromatic N) is 3. The maximum Gasteiger partial charge on any atom is 0.234 e. The quantitative estimate of drug-likeness (QED) is 0.705. The molecular weight excluding hydrogens is 296 g/mol. The van der Waals surface area contributed by atoms with Crippen LogP contribution >= 0.6 is 0 Å². The van der Waals surface area contributed by atoms with Crippen LogP contribution in [-0.2, 0) is 14.3 Å². The van der Waals surface area contributed by atoms with Crippen LogP contribution in [-0.4, -0.2) is 98.1 Å². The Kier molecular flexibility index (Phi) is 7.26. The van der Waals surface area contributed by atoms with E-state index in [9.17, 15) is 9.59 Å². The third-order valence-electron chi connectivity index (χ3n) is 4.29. The van der Waals surface area contributed by atoms with E-state index in [0.29, 0.717) is 26.2 Å². The van der Waals surface area contributed by atoms with Crippen molar-refractivity contribution in [2.45, 2.75) is 26.3 Å². The highest BCUT2D eigenvalue weighted by Gasteiger charge is 2.21. The van der Waals surface area contributed by atoms with Crippen molar-refractivity contribution in [3.05, 3.63) is 0 Å². The Morgan fingerprint density at radius 3 is 2.22 bits per heavy atom. The summed E-state index contributed by atoms with van der Waals surface area (Å²) in [6.45, 7) is 11.6. The molecule has 0 aromatic carbocycles. The molecule has 0 aromatic rings. The van der Waals surface area contributed by atoms with Gasteiger partial charge in [0.1, 0.15) is 0 Å². The molecule has 23 heavy (non-hydrogen) atoms. The van der Waals surface area contributed by atoms with Gasteiger partial charge in [0.15, 0.2) is 0 Å². The Balaban J connectivity index is 1.61.